The maximum Gasteiger partial charge on any atom is 0.233 e. The molecule has 4 heteroatoms. The smallest absolute Gasteiger partial charge is 0.233 e. The van der Waals surface area contributed by atoms with E-state index in [1.54, 1.807) is 0 Å². The zero-order valence-corrected chi connectivity index (χ0v) is 7.14. The molecule has 0 saturated carbocycles. The zero-order valence-electron chi connectivity index (χ0n) is 7.14. The molecular weight excluding hydrogens is 166 g/mol. The van der Waals surface area contributed by atoms with E-state index in [1.165, 1.54) is 11.1 Å². The lowest BCUT2D eigenvalue weighted by atomic mass is 10.1. The number of guanidine groups is 1. The second kappa shape index (κ2) is 2.97. The summed E-state index contributed by atoms with van der Waals surface area (Å²) >= 11 is 0. The van der Waals surface area contributed by atoms with Crippen LogP contribution in [0.25, 0.3) is 0 Å². The average molecular weight is 177 g/mol. The van der Waals surface area contributed by atoms with Crippen LogP contribution in [0.5, 0.6) is 0 Å². The minimum Gasteiger partial charge on any atom is -0.408 e. The van der Waals surface area contributed by atoms with Crippen molar-refractivity contribution >= 4 is 5.96 Å². The molecule has 1 aliphatic rings. The number of benzene rings is 1. The first-order valence-electron chi connectivity index (χ1n) is 4.10. The van der Waals surface area contributed by atoms with Crippen LogP contribution in [-0.2, 0) is 13.1 Å². The van der Waals surface area contributed by atoms with E-state index in [-0.39, 0.29) is 5.96 Å². The van der Waals surface area contributed by atoms with E-state index >= 15 is 0 Å². The highest BCUT2D eigenvalue weighted by molar-refractivity contribution is 5.78. The third kappa shape index (κ3) is 1.30. The maximum atomic E-state index is 8.50. The molecule has 0 fully saturated rings. The van der Waals surface area contributed by atoms with E-state index in [2.05, 4.69) is 17.3 Å². The molecule has 1 aromatic carbocycles. The molecule has 4 nitrogen and oxygen atoms in total. The van der Waals surface area contributed by atoms with E-state index in [9.17, 15) is 0 Å². The van der Waals surface area contributed by atoms with Crippen molar-refractivity contribution in [1.82, 2.24) is 4.90 Å². The van der Waals surface area contributed by atoms with Gasteiger partial charge in [-0.3, -0.25) is 0 Å². The second-order valence-corrected chi connectivity index (χ2v) is 3.08. The van der Waals surface area contributed by atoms with Gasteiger partial charge in [0.25, 0.3) is 0 Å². The van der Waals surface area contributed by atoms with Crippen LogP contribution in [0.3, 0.4) is 0 Å². The van der Waals surface area contributed by atoms with Crippen molar-refractivity contribution < 1.29 is 5.21 Å². The van der Waals surface area contributed by atoms with Crippen molar-refractivity contribution in [1.29, 1.82) is 0 Å². The molecule has 2 rings (SSSR count). The van der Waals surface area contributed by atoms with Crippen LogP contribution in [-0.4, -0.2) is 16.1 Å². The Morgan fingerprint density at radius 3 is 2.31 bits per heavy atom. The number of oxime groups is 1. The highest BCUT2D eigenvalue weighted by Gasteiger charge is 2.19. The molecule has 0 spiro atoms. The molecule has 0 aromatic heterocycles. The van der Waals surface area contributed by atoms with Gasteiger partial charge in [0.2, 0.25) is 5.96 Å². The molecule has 1 aromatic rings. The first kappa shape index (κ1) is 7.91. The third-order valence-electron chi connectivity index (χ3n) is 2.27. The Kier molecular flexibility index (Phi) is 1.81. The fourth-order valence-corrected chi connectivity index (χ4v) is 1.56. The minimum atomic E-state index is 0.177. The van der Waals surface area contributed by atoms with E-state index in [1.807, 2.05) is 17.0 Å². The Hall–Kier alpha value is -1.71. The van der Waals surface area contributed by atoms with Gasteiger partial charge in [0.1, 0.15) is 0 Å². The molecular formula is C9H11N3O. The number of fused-ring (bicyclic) bond motifs is 1. The van der Waals surface area contributed by atoms with Crippen LogP contribution in [0.1, 0.15) is 11.1 Å². The molecule has 68 valence electrons. The summed E-state index contributed by atoms with van der Waals surface area (Å²) in [5, 5.41) is 11.5. The summed E-state index contributed by atoms with van der Waals surface area (Å²) in [6.45, 7) is 1.46. The van der Waals surface area contributed by atoms with Gasteiger partial charge < -0.3 is 15.8 Å². The first-order chi connectivity index (χ1) is 6.31. The maximum absolute atomic E-state index is 8.50. The average Bonchev–Trinajstić information content (AvgIpc) is 2.59. The van der Waals surface area contributed by atoms with Crippen LogP contribution >= 0.6 is 0 Å². The van der Waals surface area contributed by atoms with Gasteiger partial charge in [-0.1, -0.05) is 29.4 Å². The van der Waals surface area contributed by atoms with Crippen LogP contribution in [0, 0.1) is 0 Å². The van der Waals surface area contributed by atoms with E-state index in [0.29, 0.717) is 0 Å². The second-order valence-electron chi connectivity index (χ2n) is 3.08. The number of rotatable bonds is 0. The zero-order chi connectivity index (χ0) is 9.26. The predicted octanol–water partition coefficient (Wildman–Crippen LogP) is 0.706. The lowest BCUT2D eigenvalue weighted by molar-refractivity contribution is 0.299. The molecule has 0 atom stereocenters. The minimum absolute atomic E-state index is 0.177. The lowest BCUT2D eigenvalue weighted by Crippen LogP contribution is -2.32. The molecule has 0 radical (unpaired) electrons. The van der Waals surface area contributed by atoms with Crippen molar-refractivity contribution in [2.75, 3.05) is 0 Å². The summed E-state index contributed by atoms with van der Waals surface area (Å²) in [6, 6.07) is 8.10. The van der Waals surface area contributed by atoms with Gasteiger partial charge >= 0.3 is 0 Å². The van der Waals surface area contributed by atoms with Crippen molar-refractivity contribution in [2.45, 2.75) is 13.1 Å². The molecule has 0 unspecified atom stereocenters. The van der Waals surface area contributed by atoms with E-state index < -0.39 is 0 Å². The SMILES string of the molecule is N/C(=N\O)N1Cc2ccccc2C1. The van der Waals surface area contributed by atoms with E-state index in [4.69, 9.17) is 10.9 Å². The van der Waals surface area contributed by atoms with Gasteiger partial charge in [-0.2, -0.15) is 0 Å². The predicted molar refractivity (Wildman–Crippen MR) is 49.1 cm³/mol. The van der Waals surface area contributed by atoms with Crippen LogP contribution in [0.4, 0.5) is 0 Å². The first-order valence-corrected chi connectivity index (χ1v) is 4.10. The summed E-state index contributed by atoms with van der Waals surface area (Å²) in [4.78, 5) is 1.82. The Balaban J connectivity index is 2.23. The third-order valence-corrected chi connectivity index (χ3v) is 2.27. The molecule has 1 heterocycles. The lowest BCUT2D eigenvalue weighted by Gasteiger charge is -2.13. The highest BCUT2D eigenvalue weighted by atomic mass is 16.4. The fraction of sp³-hybridized carbons (Fsp3) is 0.222. The molecule has 0 amide bonds. The molecule has 1 aliphatic heterocycles. The fourth-order valence-electron chi connectivity index (χ4n) is 1.56. The largest absolute Gasteiger partial charge is 0.408 e. The molecule has 0 bridgehead atoms. The summed E-state index contributed by atoms with van der Waals surface area (Å²) in [5.74, 6) is 0.177. The quantitative estimate of drug-likeness (QED) is 0.265. The van der Waals surface area contributed by atoms with Gasteiger partial charge in [0.15, 0.2) is 0 Å². The number of hydrogen-bond acceptors (Lipinski definition) is 2. The summed E-state index contributed by atoms with van der Waals surface area (Å²) < 4.78 is 0. The van der Waals surface area contributed by atoms with Crippen molar-refractivity contribution in [3.63, 3.8) is 0 Å². The number of hydrogen-bond donors (Lipinski definition) is 2. The number of nitrogens with zero attached hydrogens (tertiary/aromatic N) is 2. The van der Waals surface area contributed by atoms with Crippen LogP contribution < -0.4 is 5.73 Å². The monoisotopic (exact) mass is 177 g/mol. The van der Waals surface area contributed by atoms with Gasteiger partial charge in [0.05, 0.1) is 0 Å². The van der Waals surface area contributed by atoms with Gasteiger partial charge in [0, 0.05) is 13.1 Å². The Labute approximate surface area is 76.3 Å². The highest BCUT2D eigenvalue weighted by Crippen LogP contribution is 2.21. The van der Waals surface area contributed by atoms with Crippen molar-refractivity contribution in [2.24, 2.45) is 10.9 Å². The number of nitrogens with two attached hydrogens (primary N) is 1. The summed E-state index contributed by atoms with van der Waals surface area (Å²) in [5.41, 5.74) is 7.97. The van der Waals surface area contributed by atoms with Crippen LogP contribution in [0.15, 0.2) is 29.4 Å². The molecule has 3 N–H and O–H groups in total. The normalized spacial score (nSPS) is 16.0. The summed E-state index contributed by atoms with van der Waals surface area (Å²) in [7, 11) is 0. The van der Waals surface area contributed by atoms with Crippen molar-refractivity contribution in [3.8, 4) is 0 Å². The van der Waals surface area contributed by atoms with Crippen molar-refractivity contribution in [3.05, 3.63) is 35.4 Å². The Morgan fingerprint density at radius 2 is 1.85 bits per heavy atom. The topological polar surface area (TPSA) is 61.9 Å². The Morgan fingerprint density at radius 1 is 1.31 bits per heavy atom. The van der Waals surface area contributed by atoms with E-state index in [0.717, 1.165) is 13.1 Å². The summed E-state index contributed by atoms with van der Waals surface area (Å²) in [6.07, 6.45) is 0. The molecule has 13 heavy (non-hydrogen) atoms. The Bertz CT molecular complexity index is 323. The van der Waals surface area contributed by atoms with Gasteiger partial charge in [-0.15, -0.1) is 0 Å². The van der Waals surface area contributed by atoms with Crippen LogP contribution in [0.2, 0.25) is 0 Å². The van der Waals surface area contributed by atoms with Gasteiger partial charge in [-0.05, 0) is 11.1 Å². The standard InChI is InChI=1S/C9H11N3O/c10-9(11-13)12-5-7-3-1-2-4-8(7)6-12/h1-4,13H,5-6H2,(H2,10,11). The van der Waals surface area contributed by atoms with Gasteiger partial charge in [-0.25, -0.2) is 0 Å². The molecule has 0 saturated heterocycles. The molecule has 0 aliphatic carbocycles.